The van der Waals surface area contributed by atoms with Gasteiger partial charge < -0.3 is 37.4 Å². The zero-order chi connectivity index (χ0) is 45.0. The van der Waals surface area contributed by atoms with E-state index in [0.29, 0.717) is 40.1 Å². The molecule has 0 radical (unpaired) electrons. The number of carbonyl (C=O) groups excluding carboxylic acids is 6. The van der Waals surface area contributed by atoms with Gasteiger partial charge in [-0.05, 0) is 0 Å². The third kappa shape index (κ3) is 15.7. The summed E-state index contributed by atoms with van der Waals surface area (Å²) in [6, 6.07) is 0. The molecule has 0 saturated carbocycles. The number of carbonyl (C=O) groups is 6. The summed E-state index contributed by atoms with van der Waals surface area (Å²) in [6.45, 7) is 9.47. The molecular weight excluding hydrogens is 984 g/mol. The molecule has 23 nitrogen and oxygen atoms in total. The van der Waals surface area contributed by atoms with Crippen molar-refractivity contribution in [1.82, 2.24) is 29.9 Å². The van der Waals surface area contributed by atoms with Crippen molar-refractivity contribution in [2.75, 3.05) is 54.6 Å². The Hall–Kier alpha value is -3.37. The lowest BCUT2D eigenvalue weighted by atomic mass is 9.93. The number of anilines is 1. The van der Waals surface area contributed by atoms with Crippen LogP contribution < -0.4 is 8.85 Å². The lowest BCUT2D eigenvalue weighted by molar-refractivity contribution is -0.176. The lowest BCUT2D eigenvalue weighted by Crippen LogP contribution is -2.40. The number of halogens is 1. The lowest BCUT2D eigenvalue weighted by Gasteiger charge is -2.29. The molecule has 2 aromatic heterocycles. The molecule has 0 aliphatic carbocycles. The summed E-state index contributed by atoms with van der Waals surface area (Å²) in [5.74, 6) is -1.50. The molecule has 2 saturated heterocycles. The van der Waals surface area contributed by atoms with Crippen molar-refractivity contribution in [2.24, 2.45) is 10.8 Å². The number of esters is 2. The monoisotopic (exact) mass is 1030 g/mol. The van der Waals surface area contributed by atoms with E-state index in [1.807, 2.05) is 36.7 Å². The predicted molar refractivity (Wildman–Crippen MR) is 224 cm³/mol. The highest BCUT2D eigenvalue weighted by atomic mass is 127. The predicted octanol–water partition coefficient (Wildman–Crippen LogP) is 3.66. The number of nitrogens with one attached hydrogen (secondary N) is 2. The van der Waals surface area contributed by atoms with E-state index >= 15 is 0 Å². The first kappa shape index (κ1) is 50.3. The smallest absolute Gasteiger partial charge is 0.456 e. The molecule has 0 bridgehead atoms. The van der Waals surface area contributed by atoms with Crippen LogP contribution in [-0.2, 0) is 66.1 Å². The van der Waals surface area contributed by atoms with Gasteiger partial charge in [-0.3, -0.25) is 42.4 Å². The molecule has 4 heterocycles. The van der Waals surface area contributed by atoms with Crippen molar-refractivity contribution in [1.29, 1.82) is 0 Å². The van der Waals surface area contributed by atoms with Crippen LogP contribution in [0.1, 0.15) is 67.0 Å². The molecule has 0 aromatic carbocycles. The Labute approximate surface area is 372 Å². The van der Waals surface area contributed by atoms with Crippen molar-refractivity contribution in [2.45, 2.75) is 85.3 Å². The summed E-state index contributed by atoms with van der Waals surface area (Å²) in [4.78, 5) is 99.3. The van der Waals surface area contributed by atoms with E-state index in [1.165, 1.54) is 45.7 Å². The molecule has 3 N–H and O–H groups in total. The quantitative estimate of drug-likeness (QED) is 0.0198. The van der Waals surface area contributed by atoms with Gasteiger partial charge in [-0.15, -0.1) is 0 Å². The van der Waals surface area contributed by atoms with Gasteiger partial charge in [0.2, 0.25) is 5.91 Å². The number of amides is 3. The summed E-state index contributed by atoms with van der Waals surface area (Å²) >= 11 is 1.89. The number of hydrogen-bond acceptors (Lipinski definition) is 21. The molecule has 2 aliphatic heterocycles. The van der Waals surface area contributed by atoms with Crippen LogP contribution in [0.4, 0.5) is 10.6 Å². The van der Waals surface area contributed by atoms with Crippen LogP contribution in [0.3, 0.4) is 0 Å². The topological polar surface area (TPSA) is 284 Å². The molecular formula is C34H49IN7O16PS2. The third-order valence-electron chi connectivity index (χ3n) is 8.44. The first-order chi connectivity index (χ1) is 28.7. The van der Waals surface area contributed by atoms with E-state index in [4.69, 9.17) is 32.7 Å². The zero-order valence-electron chi connectivity index (χ0n) is 34.2. The highest BCUT2D eigenvalue weighted by molar-refractivity contribution is 14.1. The second-order valence-electron chi connectivity index (χ2n) is 15.2. The molecule has 27 heteroatoms. The fourth-order valence-corrected chi connectivity index (χ4v) is 8.71. The van der Waals surface area contributed by atoms with Gasteiger partial charge in [0.1, 0.15) is 19.0 Å². The summed E-state index contributed by atoms with van der Waals surface area (Å²) < 4.78 is 56.0. The number of imide groups is 1. The Morgan fingerprint density at radius 3 is 2.28 bits per heavy atom. The first-order valence-electron chi connectivity index (χ1n) is 18.7. The largest absolute Gasteiger partial charge is 0.533 e. The Morgan fingerprint density at radius 1 is 0.951 bits per heavy atom. The number of nitrogens with zero attached hydrogens (tertiary/aromatic N) is 5. The minimum absolute atomic E-state index is 0.0131. The second kappa shape index (κ2) is 22.8. The van der Waals surface area contributed by atoms with E-state index in [9.17, 15) is 38.2 Å². The number of imidazole rings is 1. The SMILES string of the molecule is CC(=O)OC1C(COP(=O)(O)OCC(C)(C)COCC(C)(C)CNC(=O)CCSSCCOC(=O)ON2C(=O)CCC2=O)OC(n2cnc3c(NI)ncnc32)C1OC(C)=O. The Balaban J connectivity index is 1.16. The van der Waals surface area contributed by atoms with Crippen LogP contribution in [0, 0.1) is 10.8 Å². The van der Waals surface area contributed by atoms with Gasteiger partial charge >= 0.3 is 25.9 Å². The standard InChI is InChI=1S/C34H49IN7O16PS2/c1-20(43)55-27-22(57-31(28(27)56-21(2)44)41-19-39-26-29(40-35)37-18-38-30(26)41)13-53-59(49,50)54-17-34(5,6)16-51-15-33(3,4)14-36-23(45)9-11-60-61-12-10-52-32(48)58-42-24(46)7-8-25(42)47/h18-19,22,27-28,31H,7-17H2,1-6H3,(H,36,45)(H,49,50)(H,37,38,40). The number of ether oxygens (including phenoxy) is 5. The van der Waals surface area contributed by atoms with E-state index in [1.54, 1.807) is 13.8 Å². The van der Waals surface area contributed by atoms with E-state index in [0.717, 1.165) is 6.92 Å². The van der Waals surface area contributed by atoms with Gasteiger partial charge in [-0.2, -0.15) is 0 Å². The molecule has 2 fully saturated rings. The van der Waals surface area contributed by atoms with Crippen LogP contribution in [0.25, 0.3) is 11.2 Å². The van der Waals surface area contributed by atoms with E-state index in [2.05, 4.69) is 28.6 Å². The average molecular weight is 1030 g/mol. The number of phosphoric acid groups is 1. The summed E-state index contributed by atoms with van der Waals surface area (Å²) in [5, 5.41) is 3.29. The van der Waals surface area contributed by atoms with Crippen LogP contribution in [0.15, 0.2) is 12.7 Å². The Kier molecular flexibility index (Phi) is 18.8. The van der Waals surface area contributed by atoms with Gasteiger partial charge in [-0.1, -0.05) is 54.3 Å². The fourth-order valence-electron chi connectivity index (χ4n) is 5.58. The summed E-state index contributed by atoms with van der Waals surface area (Å²) in [7, 11) is -1.94. The number of rotatable bonds is 24. The van der Waals surface area contributed by atoms with Gasteiger partial charge in [-0.25, -0.2) is 24.3 Å². The van der Waals surface area contributed by atoms with Gasteiger partial charge in [0.25, 0.3) is 11.8 Å². The Bertz CT molecular complexity index is 1930. The minimum Gasteiger partial charge on any atom is -0.456 e. The fraction of sp³-hybridized carbons (Fsp3) is 0.676. The molecule has 61 heavy (non-hydrogen) atoms. The number of phosphoric ester groups is 1. The van der Waals surface area contributed by atoms with E-state index in [-0.39, 0.29) is 51.6 Å². The molecule has 340 valence electrons. The highest BCUT2D eigenvalue weighted by Crippen LogP contribution is 2.46. The molecule has 3 amide bonds. The Morgan fingerprint density at radius 2 is 1.61 bits per heavy atom. The molecule has 0 spiro atoms. The normalized spacial score (nSPS) is 20.4. The number of aromatic nitrogens is 4. The van der Waals surface area contributed by atoms with Crippen molar-refractivity contribution in [3.8, 4) is 0 Å². The van der Waals surface area contributed by atoms with Crippen molar-refractivity contribution in [3.05, 3.63) is 12.7 Å². The maximum absolute atomic E-state index is 13.1. The molecule has 4 rings (SSSR count). The number of fused-ring (bicyclic) bond motifs is 1. The maximum atomic E-state index is 13.1. The van der Waals surface area contributed by atoms with Gasteiger partial charge in [0.15, 0.2) is 35.4 Å². The maximum Gasteiger partial charge on any atom is 0.533 e. The third-order valence-corrected chi connectivity index (χ3v) is 12.2. The van der Waals surface area contributed by atoms with E-state index < -0.39 is 79.7 Å². The zero-order valence-corrected chi connectivity index (χ0v) is 38.9. The van der Waals surface area contributed by atoms with Crippen molar-refractivity contribution in [3.63, 3.8) is 0 Å². The van der Waals surface area contributed by atoms with Crippen molar-refractivity contribution < 1.29 is 75.8 Å². The van der Waals surface area contributed by atoms with Crippen molar-refractivity contribution >= 4 is 105 Å². The molecule has 2 aromatic rings. The number of hydroxylamine groups is 2. The summed E-state index contributed by atoms with van der Waals surface area (Å²) in [5.41, 5.74) is -0.548. The molecule has 2 aliphatic rings. The first-order valence-corrected chi connectivity index (χ1v) is 23.7. The summed E-state index contributed by atoms with van der Waals surface area (Å²) in [6.07, 6.45) is -3.07. The minimum atomic E-state index is -4.73. The highest BCUT2D eigenvalue weighted by Gasteiger charge is 2.51. The van der Waals surface area contributed by atoms with Gasteiger partial charge in [0.05, 0.1) is 55.6 Å². The van der Waals surface area contributed by atoms with Crippen LogP contribution >= 0.6 is 52.3 Å². The molecule has 5 unspecified atom stereocenters. The average Bonchev–Trinajstić information content (AvgIpc) is 3.86. The number of hydrogen-bond donors (Lipinski definition) is 3. The van der Waals surface area contributed by atoms with Gasteiger partial charge in [0, 0.05) is 62.0 Å². The second-order valence-corrected chi connectivity index (χ2v) is 19.9. The van der Waals surface area contributed by atoms with Crippen LogP contribution in [0.2, 0.25) is 0 Å². The van der Waals surface area contributed by atoms with Crippen LogP contribution in [-0.4, -0.2) is 135 Å². The molecule has 5 atom stereocenters. The van der Waals surface area contributed by atoms with Crippen LogP contribution in [0.5, 0.6) is 0 Å².